The van der Waals surface area contributed by atoms with Gasteiger partial charge in [0.05, 0.1) is 28.4 Å². The van der Waals surface area contributed by atoms with E-state index in [4.69, 9.17) is 4.74 Å². The van der Waals surface area contributed by atoms with Crippen LogP contribution >= 0.6 is 11.3 Å². The molecule has 0 aliphatic carbocycles. The molecule has 7 heteroatoms. The number of hydrogen-bond donors (Lipinski definition) is 2. The topological polar surface area (TPSA) is 70.2 Å². The van der Waals surface area contributed by atoms with E-state index in [-0.39, 0.29) is 18.2 Å². The standard InChI is InChI=1S/C20H20N4O2S/c25-20-14-6-1-2-7-16(14)22-19(24(20)12-13-5-3-9-26-13)15-11-21-23-18(15)17-8-4-10-27-17/h1-2,4,6-8,10-11,13,19,22H,3,5,9,12H2,(H,21,23)/t13-,19+/m0/s1. The Morgan fingerprint density at radius 2 is 2.19 bits per heavy atom. The van der Waals surface area contributed by atoms with Gasteiger partial charge in [-0.2, -0.15) is 5.10 Å². The second kappa shape index (κ2) is 6.83. The van der Waals surface area contributed by atoms with Gasteiger partial charge in [0.25, 0.3) is 5.91 Å². The number of thiophene rings is 1. The van der Waals surface area contributed by atoms with Crippen LogP contribution in [0.1, 0.15) is 34.9 Å². The molecule has 4 heterocycles. The average Bonchev–Trinajstić information content (AvgIpc) is 3.46. The van der Waals surface area contributed by atoms with Gasteiger partial charge in [0.1, 0.15) is 6.17 Å². The number of rotatable bonds is 4. The van der Waals surface area contributed by atoms with E-state index in [2.05, 4.69) is 21.6 Å². The summed E-state index contributed by atoms with van der Waals surface area (Å²) in [6, 6.07) is 11.8. The van der Waals surface area contributed by atoms with Gasteiger partial charge in [-0.25, -0.2) is 0 Å². The molecule has 6 nitrogen and oxygen atoms in total. The summed E-state index contributed by atoms with van der Waals surface area (Å²) in [6.45, 7) is 1.34. The van der Waals surface area contributed by atoms with Gasteiger partial charge in [-0.1, -0.05) is 18.2 Å². The van der Waals surface area contributed by atoms with Crippen LogP contribution in [0.15, 0.2) is 48.0 Å². The molecule has 3 aromatic rings. The van der Waals surface area contributed by atoms with Crippen molar-refractivity contribution in [2.45, 2.75) is 25.1 Å². The molecule has 2 atom stereocenters. The molecule has 1 aromatic carbocycles. The highest BCUT2D eigenvalue weighted by atomic mass is 32.1. The third-order valence-corrected chi connectivity index (χ3v) is 6.06. The predicted octanol–water partition coefficient (Wildman–Crippen LogP) is 3.88. The van der Waals surface area contributed by atoms with Gasteiger partial charge in [-0.15, -0.1) is 11.3 Å². The highest BCUT2D eigenvalue weighted by molar-refractivity contribution is 7.13. The van der Waals surface area contributed by atoms with Gasteiger partial charge >= 0.3 is 0 Å². The lowest BCUT2D eigenvalue weighted by Gasteiger charge is -2.39. The van der Waals surface area contributed by atoms with Crippen LogP contribution < -0.4 is 5.32 Å². The molecular formula is C20H20N4O2S. The summed E-state index contributed by atoms with van der Waals surface area (Å²) in [6.07, 6.45) is 3.65. The molecule has 27 heavy (non-hydrogen) atoms. The lowest BCUT2D eigenvalue weighted by molar-refractivity contribution is 0.0427. The van der Waals surface area contributed by atoms with Crippen molar-refractivity contribution in [3.05, 3.63) is 59.1 Å². The number of fused-ring (bicyclic) bond motifs is 1. The molecule has 2 aromatic heterocycles. The van der Waals surface area contributed by atoms with Gasteiger partial charge < -0.3 is 15.0 Å². The van der Waals surface area contributed by atoms with Gasteiger partial charge in [0, 0.05) is 24.4 Å². The quantitative estimate of drug-likeness (QED) is 0.721. The Morgan fingerprint density at radius 1 is 1.26 bits per heavy atom. The largest absolute Gasteiger partial charge is 0.376 e. The van der Waals surface area contributed by atoms with Crippen molar-refractivity contribution in [3.63, 3.8) is 0 Å². The molecule has 0 unspecified atom stereocenters. The smallest absolute Gasteiger partial charge is 0.257 e. The number of anilines is 1. The van der Waals surface area contributed by atoms with Crippen molar-refractivity contribution in [2.75, 3.05) is 18.5 Å². The number of benzene rings is 1. The van der Waals surface area contributed by atoms with Crippen molar-refractivity contribution in [1.82, 2.24) is 15.1 Å². The van der Waals surface area contributed by atoms with Crippen LogP contribution in [0.5, 0.6) is 0 Å². The number of aromatic amines is 1. The normalized spacial score (nSPS) is 21.9. The summed E-state index contributed by atoms with van der Waals surface area (Å²) in [7, 11) is 0. The van der Waals surface area contributed by atoms with Crippen LogP contribution in [0.25, 0.3) is 10.6 Å². The monoisotopic (exact) mass is 380 g/mol. The molecule has 0 radical (unpaired) electrons. The van der Waals surface area contributed by atoms with Crippen molar-refractivity contribution in [2.24, 2.45) is 0 Å². The van der Waals surface area contributed by atoms with Crippen LogP contribution in [0.4, 0.5) is 5.69 Å². The van der Waals surface area contributed by atoms with E-state index in [0.29, 0.717) is 12.1 Å². The number of nitrogens with one attached hydrogen (secondary N) is 2. The number of hydrogen-bond acceptors (Lipinski definition) is 5. The first kappa shape index (κ1) is 16.5. The van der Waals surface area contributed by atoms with E-state index in [1.165, 1.54) is 0 Å². The first-order valence-corrected chi connectivity index (χ1v) is 10.0. The molecule has 2 N–H and O–H groups in total. The summed E-state index contributed by atoms with van der Waals surface area (Å²) in [5.41, 5.74) is 3.48. The maximum absolute atomic E-state index is 13.3. The van der Waals surface area contributed by atoms with Crippen molar-refractivity contribution >= 4 is 22.9 Å². The van der Waals surface area contributed by atoms with E-state index in [9.17, 15) is 4.79 Å². The maximum atomic E-state index is 13.3. The number of carbonyl (C=O) groups is 1. The third-order valence-electron chi connectivity index (χ3n) is 5.18. The first-order chi connectivity index (χ1) is 13.3. The second-order valence-electron chi connectivity index (χ2n) is 6.86. The van der Waals surface area contributed by atoms with Gasteiger partial charge in [-0.05, 0) is 36.4 Å². The summed E-state index contributed by atoms with van der Waals surface area (Å²) >= 11 is 1.65. The van der Waals surface area contributed by atoms with Crippen molar-refractivity contribution < 1.29 is 9.53 Å². The van der Waals surface area contributed by atoms with Crippen LogP contribution in [0.2, 0.25) is 0 Å². The Morgan fingerprint density at radius 3 is 3.00 bits per heavy atom. The molecule has 1 fully saturated rings. The van der Waals surface area contributed by atoms with E-state index in [0.717, 1.165) is 41.3 Å². The molecule has 138 valence electrons. The van der Waals surface area contributed by atoms with Crippen LogP contribution in [-0.2, 0) is 4.74 Å². The van der Waals surface area contributed by atoms with Crippen LogP contribution in [0, 0.1) is 0 Å². The molecule has 5 rings (SSSR count). The van der Waals surface area contributed by atoms with Gasteiger partial charge in [0.2, 0.25) is 0 Å². The predicted molar refractivity (Wildman–Crippen MR) is 105 cm³/mol. The van der Waals surface area contributed by atoms with E-state index >= 15 is 0 Å². The number of para-hydroxylation sites is 1. The summed E-state index contributed by atoms with van der Waals surface area (Å²) in [5, 5.41) is 13.0. The Bertz CT molecular complexity index is 947. The van der Waals surface area contributed by atoms with Crippen LogP contribution in [-0.4, -0.2) is 40.3 Å². The second-order valence-corrected chi connectivity index (χ2v) is 7.81. The molecule has 1 amide bonds. The molecule has 0 spiro atoms. The molecular weight excluding hydrogens is 360 g/mol. The van der Waals surface area contributed by atoms with Crippen LogP contribution in [0.3, 0.4) is 0 Å². The van der Waals surface area contributed by atoms with Gasteiger partial charge in [-0.3, -0.25) is 9.89 Å². The average molecular weight is 380 g/mol. The fourth-order valence-corrected chi connectivity index (χ4v) is 4.60. The highest BCUT2D eigenvalue weighted by Gasteiger charge is 2.36. The number of nitrogens with zero attached hydrogens (tertiary/aromatic N) is 2. The SMILES string of the molecule is O=C1c2ccccc2N[C@@H](c2cn[nH]c2-c2cccs2)N1C[C@@H]1CCCO1. The molecule has 0 bridgehead atoms. The third kappa shape index (κ3) is 2.93. The number of aromatic nitrogens is 2. The zero-order chi connectivity index (χ0) is 18.2. The minimum Gasteiger partial charge on any atom is -0.376 e. The maximum Gasteiger partial charge on any atom is 0.257 e. The molecule has 1 saturated heterocycles. The highest BCUT2D eigenvalue weighted by Crippen LogP contribution is 2.38. The van der Waals surface area contributed by atoms with Crippen molar-refractivity contribution in [3.8, 4) is 10.6 Å². The molecule has 0 saturated carbocycles. The fraction of sp³-hybridized carbons (Fsp3) is 0.300. The number of carbonyl (C=O) groups excluding carboxylic acids is 1. The van der Waals surface area contributed by atoms with Gasteiger partial charge in [0.15, 0.2) is 0 Å². The lowest BCUT2D eigenvalue weighted by atomic mass is 10.0. The Labute approximate surface area is 161 Å². The number of amides is 1. The Kier molecular flexibility index (Phi) is 4.18. The summed E-state index contributed by atoms with van der Waals surface area (Å²) < 4.78 is 5.82. The summed E-state index contributed by atoms with van der Waals surface area (Å²) in [5.74, 6) is 0.0307. The molecule has 2 aliphatic rings. The first-order valence-electron chi connectivity index (χ1n) is 9.16. The minimum atomic E-state index is -0.285. The van der Waals surface area contributed by atoms with E-state index in [1.54, 1.807) is 11.3 Å². The lowest BCUT2D eigenvalue weighted by Crippen LogP contribution is -2.46. The van der Waals surface area contributed by atoms with E-state index < -0.39 is 0 Å². The Hall–Kier alpha value is -2.64. The number of ether oxygens (including phenoxy) is 1. The zero-order valence-corrected chi connectivity index (χ0v) is 15.5. The Balaban J connectivity index is 1.56. The molecule has 2 aliphatic heterocycles. The minimum absolute atomic E-state index is 0.0307. The zero-order valence-electron chi connectivity index (χ0n) is 14.7. The van der Waals surface area contributed by atoms with Crippen molar-refractivity contribution in [1.29, 1.82) is 0 Å². The summed E-state index contributed by atoms with van der Waals surface area (Å²) in [4.78, 5) is 16.3. The number of H-pyrrole nitrogens is 1. The van der Waals surface area contributed by atoms with E-state index in [1.807, 2.05) is 46.8 Å². The fourth-order valence-electron chi connectivity index (χ4n) is 3.86.